The van der Waals surface area contributed by atoms with E-state index in [4.69, 9.17) is 4.74 Å². The zero-order valence-corrected chi connectivity index (χ0v) is 21.4. The monoisotopic (exact) mass is 489 g/mol. The molecule has 3 N–H and O–H groups in total. The molecule has 1 aliphatic carbocycles. The first-order chi connectivity index (χ1) is 17.5. The Kier molecular flexibility index (Phi) is 9.04. The third-order valence-electron chi connectivity index (χ3n) is 7.22. The topological polar surface area (TPSA) is 83.2 Å². The largest absolute Gasteiger partial charge is 0.446 e. The molecule has 36 heavy (non-hydrogen) atoms. The van der Waals surface area contributed by atoms with Gasteiger partial charge in [-0.2, -0.15) is 0 Å². The van der Waals surface area contributed by atoms with Gasteiger partial charge in [0.15, 0.2) is 0 Å². The van der Waals surface area contributed by atoms with Crippen LogP contribution < -0.4 is 10.6 Å². The van der Waals surface area contributed by atoms with E-state index in [9.17, 15) is 9.59 Å². The normalized spacial score (nSPS) is 16.8. The van der Waals surface area contributed by atoms with E-state index >= 15 is 0 Å². The van der Waals surface area contributed by atoms with Gasteiger partial charge in [0.05, 0.1) is 0 Å². The summed E-state index contributed by atoms with van der Waals surface area (Å²) in [4.78, 5) is 29.9. The summed E-state index contributed by atoms with van der Waals surface area (Å²) >= 11 is 0. The first-order valence-corrected chi connectivity index (χ1v) is 13.4. The summed E-state index contributed by atoms with van der Waals surface area (Å²) < 4.78 is 5.87. The van der Waals surface area contributed by atoms with Crippen LogP contribution in [0.25, 0.3) is 10.9 Å². The summed E-state index contributed by atoms with van der Waals surface area (Å²) in [6, 6.07) is 18.1. The van der Waals surface area contributed by atoms with E-state index in [0.29, 0.717) is 13.0 Å². The van der Waals surface area contributed by atoms with Gasteiger partial charge in [0.2, 0.25) is 5.91 Å². The zero-order chi connectivity index (χ0) is 25.2. The van der Waals surface area contributed by atoms with Crippen molar-refractivity contribution in [3.05, 3.63) is 71.9 Å². The number of ether oxygens (including phenoxy) is 1. The Labute approximate surface area is 214 Å². The zero-order valence-electron chi connectivity index (χ0n) is 21.4. The van der Waals surface area contributed by atoms with Crippen LogP contribution in [-0.2, 0) is 22.4 Å². The molecule has 2 aromatic carbocycles. The minimum absolute atomic E-state index is 0.0958. The Hall–Kier alpha value is -3.28. The third kappa shape index (κ3) is 7.12. The number of para-hydroxylation sites is 1. The third-order valence-corrected chi connectivity index (χ3v) is 7.22. The highest BCUT2D eigenvalue weighted by atomic mass is 16.6. The van der Waals surface area contributed by atoms with E-state index in [1.165, 1.54) is 25.7 Å². The van der Waals surface area contributed by atoms with E-state index in [0.717, 1.165) is 54.1 Å². The first-order valence-electron chi connectivity index (χ1n) is 13.4. The number of aromatic amines is 1. The van der Waals surface area contributed by atoms with Crippen molar-refractivity contribution < 1.29 is 14.3 Å². The molecule has 192 valence electrons. The van der Waals surface area contributed by atoms with E-state index in [2.05, 4.69) is 15.6 Å². The number of hydrogen-bond acceptors (Lipinski definition) is 3. The minimum atomic E-state index is -1.16. The van der Waals surface area contributed by atoms with Crippen molar-refractivity contribution in [3.8, 4) is 0 Å². The van der Waals surface area contributed by atoms with Crippen molar-refractivity contribution in [2.75, 3.05) is 6.54 Å². The molecule has 1 aliphatic rings. The fraction of sp³-hybridized carbons (Fsp3) is 0.467. The van der Waals surface area contributed by atoms with Gasteiger partial charge >= 0.3 is 6.09 Å². The van der Waals surface area contributed by atoms with Crippen LogP contribution in [0.2, 0.25) is 0 Å². The van der Waals surface area contributed by atoms with Gasteiger partial charge < -0.3 is 20.4 Å². The summed E-state index contributed by atoms with van der Waals surface area (Å²) in [7, 11) is 0. The molecule has 1 heterocycles. The number of fused-ring (bicyclic) bond motifs is 1. The molecule has 0 radical (unpaired) electrons. The van der Waals surface area contributed by atoms with Gasteiger partial charge in [-0.1, -0.05) is 74.2 Å². The summed E-state index contributed by atoms with van der Waals surface area (Å²) in [5.74, 6) is -0.213. The fourth-order valence-corrected chi connectivity index (χ4v) is 5.12. The lowest BCUT2D eigenvalue weighted by Gasteiger charge is -2.30. The lowest BCUT2D eigenvalue weighted by Crippen LogP contribution is -2.58. The molecular weight excluding hydrogens is 450 g/mol. The Morgan fingerprint density at radius 2 is 1.61 bits per heavy atom. The van der Waals surface area contributed by atoms with E-state index in [-0.39, 0.29) is 12.0 Å². The molecule has 6 heteroatoms. The molecule has 1 saturated carbocycles. The molecule has 0 saturated heterocycles. The van der Waals surface area contributed by atoms with Crippen LogP contribution in [0.15, 0.2) is 60.8 Å². The maximum atomic E-state index is 13.5. The van der Waals surface area contributed by atoms with Gasteiger partial charge in [0.1, 0.15) is 11.6 Å². The molecule has 0 spiro atoms. The van der Waals surface area contributed by atoms with Crippen LogP contribution in [0, 0.1) is 0 Å². The smallest absolute Gasteiger partial charge is 0.408 e. The molecule has 0 bridgehead atoms. The second-order valence-electron chi connectivity index (χ2n) is 10.2. The molecule has 1 atom stereocenters. The van der Waals surface area contributed by atoms with Crippen LogP contribution in [0.1, 0.15) is 69.4 Å². The summed E-state index contributed by atoms with van der Waals surface area (Å²) in [5.41, 5.74) is 1.99. The number of hydrogen-bond donors (Lipinski definition) is 3. The Morgan fingerprint density at radius 1 is 0.944 bits per heavy atom. The second-order valence-corrected chi connectivity index (χ2v) is 10.2. The average Bonchev–Trinajstić information content (AvgIpc) is 3.33. The van der Waals surface area contributed by atoms with Crippen LogP contribution in [-0.4, -0.2) is 35.2 Å². The number of nitrogens with one attached hydrogen (secondary N) is 3. The van der Waals surface area contributed by atoms with Gasteiger partial charge in [-0.15, -0.1) is 0 Å². The second kappa shape index (κ2) is 12.6. The number of rotatable bonds is 8. The number of carbonyl (C=O) groups is 2. The number of amides is 2. The Bertz CT molecular complexity index is 1120. The number of benzene rings is 2. The lowest BCUT2D eigenvalue weighted by atomic mass is 9.91. The van der Waals surface area contributed by atoms with Crippen LogP contribution in [0.3, 0.4) is 0 Å². The molecule has 2 amide bonds. The van der Waals surface area contributed by atoms with E-state index in [1.807, 2.05) is 60.8 Å². The molecule has 3 aromatic rings. The molecule has 1 unspecified atom stereocenters. The predicted molar refractivity (Wildman–Crippen MR) is 144 cm³/mol. The highest BCUT2D eigenvalue weighted by Crippen LogP contribution is 2.24. The summed E-state index contributed by atoms with van der Waals surface area (Å²) in [6.07, 6.45) is 11.2. The van der Waals surface area contributed by atoms with Crippen molar-refractivity contribution in [2.45, 2.75) is 82.8 Å². The van der Waals surface area contributed by atoms with Crippen LogP contribution in [0.5, 0.6) is 0 Å². The van der Waals surface area contributed by atoms with Gasteiger partial charge in [-0.25, -0.2) is 4.79 Å². The summed E-state index contributed by atoms with van der Waals surface area (Å²) in [5, 5.41) is 7.05. The first kappa shape index (κ1) is 25.8. The van der Waals surface area contributed by atoms with Gasteiger partial charge in [0, 0.05) is 30.1 Å². The van der Waals surface area contributed by atoms with Crippen LogP contribution in [0.4, 0.5) is 4.79 Å². The van der Waals surface area contributed by atoms with E-state index < -0.39 is 11.6 Å². The number of aromatic nitrogens is 1. The number of H-pyrrole nitrogens is 1. The highest BCUT2D eigenvalue weighted by Gasteiger charge is 2.37. The van der Waals surface area contributed by atoms with Gasteiger partial charge in [-0.3, -0.25) is 4.79 Å². The van der Waals surface area contributed by atoms with Crippen molar-refractivity contribution in [1.82, 2.24) is 15.6 Å². The van der Waals surface area contributed by atoms with Crippen molar-refractivity contribution >= 4 is 22.9 Å². The fourth-order valence-electron chi connectivity index (χ4n) is 5.12. The molecule has 4 rings (SSSR count). The Morgan fingerprint density at radius 3 is 2.36 bits per heavy atom. The Balaban J connectivity index is 1.45. The molecule has 0 aliphatic heterocycles. The van der Waals surface area contributed by atoms with Crippen LogP contribution >= 0.6 is 0 Å². The number of alkyl carbamates (subject to hydrolysis) is 1. The predicted octanol–water partition coefficient (Wildman–Crippen LogP) is 6.06. The minimum Gasteiger partial charge on any atom is -0.446 e. The van der Waals surface area contributed by atoms with Crippen molar-refractivity contribution in [2.24, 2.45) is 0 Å². The standard InChI is InChI=1S/C30H39N3O3/c1-30(21-24-22-32-27-18-12-11-17-26(24)27,28(34)31-20-19-23-13-7-6-8-14-23)33-29(35)36-25-15-9-4-2-3-5-10-16-25/h6-8,11-14,17-18,22,25,32H,2-5,9-10,15-16,19-21H2,1H3,(H,31,34)(H,33,35). The molecule has 6 nitrogen and oxygen atoms in total. The average molecular weight is 490 g/mol. The molecule has 1 fully saturated rings. The summed E-state index contributed by atoms with van der Waals surface area (Å²) in [6.45, 7) is 2.28. The van der Waals surface area contributed by atoms with Gasteiger partial charge in [-0.05, 0) is 56.2 Å². The maximum absolute atomic E-state index is 13.5. The highest BCUT2D eigenvalue weighted by molar-refractivity contribution is 5.91. The van der Waals surface area contributed by atoms with Gasteiger partial charge in [0.25, 0.3) is 0 Å². The molecule has 1 aromatic heterocycles. The number of carbonyl (C=O) groups excluding carboxylic acids is 2. The SMILES string of the molecule is CC(Cc1c[nH]c2ccccc12)(NC(=O)OC1CCCCCCCC1)C(=O)NCCc1ccccc1. The van der Waals surface area contributed by atoms with Crippen molar-refractivity contribution in [3.63, 3.8) is 0 Å². The maximum Gasteiger partial charge on any atom is 0.408 e. The molecular formula is C30H39N3O3. The quantitative estimate of drug-likeness (QED) is 0.360. The van der Waals surface area contributed by atoms with Crippen molar-refractivity contribution in [1.29, 1.82) is 0 Å². The van der Waals surface area contributed by atoms with E-state index in [1.54, 1.807) is 6.92 Å². The lowest BCUT2D eigenvalue weighted by molar-refractivity contribution is -0.126.